The smallest absolute Gasteiger partial charge is 0.255 e. The number of nitrogens with zero attached hydrogens (tertiary/aromatic N) is 5. The number of rotatable bonds is 3. The van der Waals surface area contributed by atoms with E-state index in [0.29, 0.717) is 5.56 Å². The van der Waals surface area contributed by atoms with Gasteiger partial charge in [0.25, 0.3) is 5.91 Å². The molecule has 4 heterocycles. The van der Waals surface area contributed by atoms with Gasteiger partial charge in [0.05, 0.1) is 5.56 Å². The van der Waals surface area contributed by atoms with Crippen LogP contribution in [0.2, 0.25) is 0 Å². The zero-order valence-electron chi connectivity index (χ0n) is 16.7. The van der Waals surface area contributed by atoms with Crippen LogP contribution in [0.15, 0.2) is 48.7 Å². The molecule has 7 heteroatoms. The van der Waals surface area contributed by atoms with E-state index < -0.39 is 0 Å². The molecular weight excluding hydrogens is 364 g/mol. The predicted octanol–water partition coefficient (Wildman–Crippen LogP) is 2.35. The molecule has 5 rings (SSSR count). The molecule has 148 valence electrons. The number of likely N-dealkylation sites (N-methyl/N-ethyl adjacent to an activating group) is 1. The van der Waals surface area contributed by atoms with Crippen molar-refractivity contribution in [1.29, 1.82) is 0 Å². The highest BCUT2D eigenvalue weighted by Crippen LogP contribution is 2.48. The summed E-state index contributed by atoms with van der Waals surface area (Å²) in [6, 6.07) is 13.7. The third-order valence-electron chi connectivity index (χ3n) is 6.14. The molecule has 7 nitrogen and oxygen atoms in total. The Labute approximate surface area is 169 Å². The molecule has 0 saturated carbocycles. The Bertz CT molecular complexity index is 1020. The van der Waals surface area contributed by atoms with E-state index in [1.807, 2.05) is 54.3 Å². The number of amides is 1. The van der Waals surface area contributed by atoms with Crippen LogP contribution >= 0.6 is 0 Å². The summed E-state index contributed by atoms with van der Waals surface area (Å²) in [7, 11) is 2.13. The molecule has 0 aliphatic carbocycles. The number of hydrogen-bond donors (Lipinski definition) is 1. The summed E-state index contributed by atoms with van der Waals surface area (Å²) in [5.41, 5.74) is 2.60. The fourth-order valence-corrected chi connectivity index (χ4v) is 4.70. The van der Waals surface area contributed by atoms with Gasteiger partial charge >= 0.3 is 0 Å². The molecule has 2 saturated heterocycles. The first-order valence-electron chi connectivity index (χ1n) is 9.92. The second-order valence-corrected chi connectivity index (χ2v) is 8.37. The Morgan fingerprint density at radius 3 is 2.66 bits per heavy atom. The van der Waals surface area contributed by atoms with Crippen molar-refractivity contribution in [2.75, 3.05) is 33.2 Å². The van der Waals surface area contributed by atoms with Crippen LogP contribution in [0.5, 0.6) is 0 Å². The van der Waals surface area contributed by atoms with Crippen LogP contribution < -0.4 is 0 Å². The number of aromatic nitrogens is 4. The largest absolute Gasteiger partial charge is 0.337 e. The zero-order chi connectivity index (χ0) is 20.0. The van der Waals surface area contributed by atoms with Crippen molar-refractivity contribution in [3.8, 4) is 11.4 Å². The first-order valence-corrected chi connectivity index (χ1v) is 9.92. The number of benzene rings is 1. The number of carbonyl (C=O) groups excluding carboxylic acids is 1. The van der Waals surface area contributed by atoms with Crippen LogP contribution in [0.3, 0.4) is 0 Å². The summed E-state index contributed by atoms with van der Waals surface area (Å²) in [6.07, 6.45) is 1.67. The summed E-state index contributed by atoms with van der Waals surface area (Å²) in [6.45, 7) is 5.26. The minimum Gasteiger partial charge on any atom is -0.337 e. The van der Waals surface area contributed by atoms with Gasteiger partial charge in [-0.05, 0) is 26.1 Å². The fraction of sp³-hybridized carbons (Fsp3) is 0.364. The lowest BCUT2D eigenvalue weighted by Gasteiger charge is -2.50. The Kier molecular flexibility index (Phi) is 4.20. The highest BCUT2D eigenvalue weighted by molar-refractivity contribution is 5.94. The van der Waals surface area contributed by atoms with Crippen LogP contribution in [0.4, 0.5) is 0 Å². The molecule has 2 aromatic heterocycles. The SMILES string of the molecule is Cc1ccc(C(=O)N2CC3(CN(C)CC3c3nc(-c4ccccc4)n[nH]3)C2)cn1. The van der Waals surface area contributed by atoms with Crippen LogP contribution in [0, 0.1) is 12.3 Å². The number of carbonyl (C=O) groups is 1. The predicted molar refractivity (Wildman–Crippen MR) is 109 cm³/mol. The zero-order valence-corrected chi connectivity index (χ0v) is 16.7. The first-order chi connectivity index (χ1) is 14.0. The molecule has 1 aromatic carbocycles. The van der Waals surface area contributed by atoms with Gasteiger partial charge in [-0.3, -0.25) is 14.9 Å². The summed E-state index contributed by atoms with van der Waals surface area (Å²) < 4.78 is 0. The molecule has 29 heavy (non-hydrogen) atoms. The van der Waals surface area contributed by atoms with Crippen LogP contribution in [-0.2, 0) is 0 Å². The molecule has 0 bridgehead atoms. The van der Waals surface area contributed by atoms with E-state index in [1.54, 1.807) is 6.20 Å². The molecule has 1 atom stereocenters. The van der Waals surface area contributed by atoms with Crippen molar-refractivity contribution in [3.05, 3.63) is 65.7 Å². The monoisotopic (exact) mass is 388 g/mol. The van der Waals surface area contributed by atoms with Crippen molar-refractivity contribution < 1.29 is 4.79 Å². The third-order valence-corrected chi connectivity index (χ3v) is 6.14. The molecule has 1 N–H and O–H groups in total. The quantitative estimate of drug-likeness (QED) is 0.745. The van der Waals surface area contributed by atoms with Gasteiger partial charge in [0.2, 0.25) is 0 Å². The topological polar surface area (TPSA) is 78.0 Å². The van der Waals surface area contributed by atoms with Gasteiger partial charge in [0, 0.05) is 55.0 Å². The summed E-state index contributed by atoms with van der Waals surface area (Å²) >= 11 is 0. The molecular formula is C22H24N6O. The van der Waals surface area contributed by atoms with E-state index in [2.05, 4.69) is 27.1 Å². The average molecular weight is 388 g/mol. The Morgan fingerprint density at radius 2 is 1.93 bits per heavy atom. The fourth-order valence-electron chi connectivity index (χ4n) is 4.70. The van der Waals surface area contributed by atoms with Crippen molar-refractivity contribution in [3.63, 3.8) is 0 Å². The van der Waals surface area contributed by atoms with Crippen LogP contribution in [-0.4, -0.2) is 69.1 Å². The Balaban J connectivity index is 1.35. The molecule has 2 aliphatic heterocycles. The van der Waals surface area contributed by atoms with Crippen molar-refractivity contribution >= 4 is 5.91 Å². The van der Waals surface area contributed by atoms with Crippen LogP contribution in [0.25, 0.3) is 11.4 Å². The summed E-state index contributed by atoms with van der Waals surface area (Å²) in [4.78, 5) is 26.1. The number of pyridine rings is 1. The molecule has 1 spiro atoms. The summed E-state index contributed by atoms with van der Waals surface area (Å²) in [5.74, 6) is 1.93. The van der Waals surface area contributed by atoms with Gasteiger partial charge in [-0.2, -0.15) is 5.10 Å². The maximum Gasteiger partial charge on any atom is 0.255 e. The highest BCUT2D eigenvalue weighted by Gasteiger charge is 2.56. The minimum absolute atomic E-state index is 0.0238. The molecule has 2 fully saturated rings. The van der Waals surface area contributed by atoms with Gasteiger partial charge in [-0.15, -0.1) is 0 Å². The van der Waals surface area contributed by atoms with Gasteiger partial charge in [0.1, 0.15) is 5.82 Å². The molecule has 1 amide bonds. The van der Waals surface area contributed by atoms with Gasteiger partial charge < -0.3 is 9.80 Å². The van der Waals surface area contributed by atoms with E-state index in [0.717, 1.165) is 49.1 Å². The standard InChI is InChI=1S/C22H24N6O/c1-15-8-9-17(10-23-15)21(29)28-13-22(14-28)12-27(2)11-18(22)20-24-19(25-26-20)16-6-4-3-5-7-16/h3-10,18H,11-14H2,1-2H3,(H,24,25,26). The van der Waals surface area contributed by atoms with E-state index in [-0.39, 0.29) is 17.2 Å². The lowest BCUT2D eigenvalue weighted by atomic mass is 9.71. The highest BCUT2D eigenvalue weighted by atomic mass is 16.2. The molecule has 1 unspecified atom stereocenters. The number of aryl methyl sites for hydroxylation is 1. The van der Waals surface area contributed by atoms with E-state index >= 15 is 0 Å². The molecule has 0 radical (unpaired) electrons. The average Bonchev–Trinajstić information content (AvgIpc) is 3.32. The third kappa shape index (κ3) is 3.11. The first kappa shape index (κ1) is 18.0. The Hall–Kier alpha value is -3.06. The van der Waals surface area contributed by atoms with Gasteiger partial charge in [-0.25, -0.2) is 4.98 Å². The van der Waals surface area contributed by atoms with Crippen molar-refractivity contribution in [2.45, 2.75) is 12.8 Å². The number of aromatic amines is 1. The number of likely N-dealkylation sites (tertiary alicyclic amines) is 2. The Morgan fingerprint density at radius 1 is 1.14 bits per heavy atom. The molecule has 3 aromatic rings. The normalized spacial score (nSPS) is 20.8. The number of nitrogens with one attached hydrogen (secondary N) is 1. The second kappa shape index (κ2) is 6.77. The minimum atomic E-state index is 0.0238. The number of hydrogen-bond acceptors (Lipinski definition) is 5. The van der Waals surface area contributed by atoms with Crippen molar-refractivity contribution in [2.24, 2.45) is 5.41 Å². The lowest BCUT2D eigenvalue weighted by Crippen LogP contribution is -2.61. The van der Waals surface area contributed by atoms with Gasteiger partial charge in [0.15, 0.2) is 5.82 Å². The number of H-pyrrole nitrogens is 1. The molecule has 2 aliphatic rings. The van der Waals surface area contributed by atoms with Crippen molar-refractivity contribution in [1.82, 2.24) is 30.0 Å². The van der Waals surface area contributed by atoms with E-state index in [1.165, 1.54) is 0 Å². The van der Waals surface area contributed by atoms with Crippen LogP contribution in [0.1, 0.15) is 27.8 Å². The van der Waals surface area contributed by atoms with E-state index in [9.17, 15) is 4.79 Å². The summed E-state index contributed by atoms with van der Waals surface area (Å²) in [5, 5.41) is 7.62. The second-order valence-electron chi connectivity index (χ2n) is 8.37. The maximum absolute atomic E-state index is 12.8. The maximum atomic E-state index is 12.8. The van der Waals surface area contributed by atoms with Gasteiger partial charge in [-0.1, -0.05) is 30.3 Å². The van der Waals surface area contributed by atoms with E-state index in [4.69, 9.17) is 4.98 Å². The lowest BCUT2D eigenvalue weighted by molar-refractivity contribution is 0.00298.